The number of aromatic nitrogens is 2. The van der Waals surface area contributed by atoms with Gasteiger partial charge in [0.1, 0.15) is 41.3 Å². The average Bonchev–Trinajstić information content (AvgIpc) is 2.65. The molecule has 0 bridgehead atoms. The molecule has 5 nitrogen and oxygen atoms in total. The van der Waals surface area contributed by atoms with Crippen molar-refractivity contribution >= 4 is 17.6 Å². The van der Waals surface area contributed by atoms with Gasteiger partial charge in [-0.15, -0.1) is 0 Å². The van der Waals surface area contributed by atoms with Gasteiger partial charge < -0.3 is 10.5 Å². The van der Waals surface area contributed by atoms with E-state index >= 15 is 0 Å². The molecule has 2 N–H and O–H groups in total. The highest BCUT2D eigenvalue weighted by Gasteiger charge is 2.14. The van der Waals surface area contributed by atoms with E-state index in [1.165, 1.54) is 17.8 Å². The van der Waals surface area contributed by atoms with Gasteiger partial charge >= 0.3 is 0 Å². The highest BCUT2D eigenvalue weighted by atomic mass is 32.2. The molecule has 0 radical (unpaired) electrons. The molecule has 27 heavy (non-hydrogen) atoms. The fraction of sp³-hybridized carbons (Fsp3) is 0.150. The molecule has 0 aliphatic heterocycles. The summed E-state index contributed by atoms with van der Waals surface area (Å²) in [5.74, 6) is 0.841. The number of anilines is 1. The molecule has 0 spiro atoms. The molecule has 2 aromatic carbocycles. The summed E-state index contributed by atoms with van der Waals surface area (Å²) in [6.45, 7) is 2.06. The SMILES string of the molecule is Cc1cccc(OCc2nc(SCc3ccccc3F)nc(N)c2C#N)c1. The van der Waals surface area contributed by atoms with Crippen molar-refractivity contribution in [1.82, 2.24) is 9.97 Å². The van der Waals surface area contributed by atoms with Gasteiger partial charge in [-0.05, 0) is 36.2 Å². The van der Waals surface area contributed by atoms with E-state index in [0.29, 0.717) is 27.9 Å². The Balaban J connectivity index is 1.78. The number of nitrogens with zero attached hydrogens (tertiary/aromatic N) is 3. The lowest BCUT2D eigenvalue weighted by Gasteiger charge is -2.10. The van der Waals surface area contributed by atoms with Crippen LogP contribution in [0.5, 0.6) is 5.75 Å². The molecule has 0 atom stereocenters. The maximum atomic E-state index is 13.8. The van der Waals surface area contributed by atoms with Crippen LogP contribution in [0.3, 0.4) is 0 Å². The van der Waals surface area contributed by atoms with Gasteiger partial charge in [-0.25, -0.2) is 14.4 Å². The predicted octanol–water partition coefficient (Wildman–Crippen LogP) is 4.25. The Labute approximate surface area is 161 Å². The number of benzene rings is 2. The van der Waals surface area contributed by atoms with Crippen molar-refractivity contribution in [3.63, 3.8) is 0 Å². The molecule has 0 saturated carbocycles. The van der Waals surface area contributed by atoms with Crippen molar-refractivity contribution in [2.24, 2.45) is 0 Å². The van der Waals surface area contributed by atoms with Crippen LogP contribution in [-0.2, 0) is 12.4 Å². The van der Waals surface area contributed by atoms with Gasteiger partial charge in [-0.3, -0.25) is 0 Å². The fourth-order valence-corrected chi connectivity index (χ4v) is 3.26. The molecular formula is C20H17FN4OS. The van der Waals surface area contributed by atoms with Crippen LogP contribution < -0.4 is 10.5 Å². The largest absolute Gasteiger partial charge is 0.487 e. The highest BCUT2D eigenvalue weighted by molar-refractivity contribution is 7.98. The second-order valence-electron chi connectivity index (χ2n) is 5.81. The molecule has 3 rings (SSSR count). The van der Waals surface area contributed by atoms with E-state index in [9.17, 15) is 9.65 Å². The van der Waals surface area contributed by atoms with Crippen molar-refractivity contribution in [3.05, 3.63) is 76.7 Å². The minimum Gasteiger partial charge on any atom is -0.487 e. The smallest absolute Gasteiger partial charge is 0.190 e. The highest BCUT2D eigenvalue weighted by Crippen LogP contribution is 2.25. The van der Waals surface area contributed by atoms with Gasteiger partial charge in [0.2, 0.25) is 0 Å². The third-order valence-corrected chi connectivity index (χ3v) is 4.68. The van der Waals surface area contributed by atoms with E-state index in [2.05, 4.69) is 9.97 Å². The summed E-state index contributed by atoms with van der Waals surface area (Å²) in [6, 6.07) is 16.1. The molecule has 3 aromatic rings. The molecule has 1 heterocycles. The molecule has 0 saturated heterocycles. The second-order valence-corrected chi connectivity index (χ2v) is 6.75. The van der Waals surface area contributed by atoms with E-state index in [4.69, 9.17) is 10.5 Å². The fourth-order valence-electron chi connectivity index (χ4n) is 2.41. The number of thioether (sulfide) groups is 1. The second kappa shape index (κ2) is 8.52. The molecule has 0 amide bonds. The average molecular weight is 380 g/mol. The van der Waals surface area contributed by atoms with Crippen LogP contribution in [0, 0.1) is 24.1 Å². The first-order chi connectivity index (χ1) is 13.1. The van der Waals surface area contributed by atoms with Crippen LogP contribution in [0.4, 0.5) is 10.2 Å². The van der Waals surface area contributed by atoms with Gasteiger partial charge in [-0.2, -0.15) is 5.26 Å². The molecule has 0 fully saturated rings. The summed E-state index contributed by atoms with van der Waals surface area (Å²) in [5.41, 5.74) is 8.12. The first kappa shape index (κ1) is 18.7. The van der Waals surface area contributed by atoms with Gasteiger partial charge in [0.25, 0.3) is 0 Å². The number of aryl methyl sites for hydroxylation is 1. The third-order valence-electron chi connectivity index (χ3n) is 3.78. The molecule has 7 heteroatoms. The van der Waals surface area contributed by atoms with E-state index in [1.807, 2.05) is 37.3 Å². The lowest BCUT2D eigenvalue weighted by Crippen LogP contribution is -2.08. The zero-order valence-electron chi connectivity index (χ0n) is 14.6. The molecule has 1 aromatic heterocycles. The monoisotopic (exact) mass is 380 g/mol. The number of hydrogen-bond donors (Lipinski definition) is 1. The summed E-state index contributed by atoms with van der Waals surface area (Å²) >= 11 is 1.25. The van der Waals surface area contributed by atoms with E-state index in [-0.39, 0.29) is 23.8 Å². The Morgan fingerprint density at radius 2 is 2.00 bits per heavy atom. The van der Waals surface area contributed by atoms with Crippen molar-refractivity contribution < 1.29 is 9.13 Å². The van der Waals surface area contributed by atoms with E-state index < -0.39 is 0 Å². The van der Waals surface area contributed by atoms with Gasteiger partial charge in [0.15, 0.2) is 5.16 Å². The summed E-state index contributed by atoms with van der Waals surface area (Å²) in [7, 11) is 0. The van der Waals surface area contributed by atoms with Gasteiger partial charge in [0.05, 0.1) is 0 Å². The number of halogens is 1. The Hall–Kier alpha value is -3.11. The minimum absolute atomic E-state index is 0.0892. The lowest BCUT2D eigenvalue weighted by molar-refractivity contribution is 0.299. The number of nitriles is 1. The Morgan fingerprint density at radius 1 is 1.19 bits per heavy atom. The lowest BCUT2D eigenvalue weighted by atomic mass is 10.2. The van der Waals surface area contributed by atoms with Crippen molar-refractivity contribution in [2.45, 2.75) is 24.4 Å². The zero-order valence-corrected chi connectivity index (χ0v) is 15.5. The van der Waals surface area contributed by atoms with Crippen LogP contribution in [0.25, 0.3) is 0 Å². The van der Waals surface area contributed by atoms with Crippen molar-refractivity contribution in [1.29, 1.82) is 5.26 Å². The zero-order chi connectivity index (χ0) is 19.2. The topological polar surface area (TPSA) is 84.8 Å². The number of nitrogens with two attached hydrogens (primary N) is 1. The maximum Gasteiger partial charge on any atom is 0.190 e. The Kier molecular flexibility index (Phi) is 5.89. The predicted molar refractivity (Wildman–Crippen MR) is 103 cm³/mol. The molecular weight excluding hydrogens is 363 g/mol. The normalized spacial score (nSPS) is 10.4. The van der Waals surface area contributed by atoms with Crippen molar-refractivity contribution in [2.75, 3.05) is 5.73 Å². The molecule has 136 valence electrons. The molecule has 0 unspecified atom stereocenters. The number of nitrogen functional groups attached to an aromatic ring is 1. The van der Waals surface area contributed by atoms with Gasteiger partial charge in [0, 0.05) is 5.75 Å². The van der Waals surface area contributed by atoms with Gasteiger partial charge in [-0.1, -0.05) is 42.1 Å². The minimum atomic E-state index is -0.283. The summed E-state index contributed by atoms with van der Waals surface area (Å²) in [6.07, 6.45) is 0. The van der Waals surface area contributed by atoms with Crippen molar-refractivity contribution in [3.8, 4) is 11.8 Å². The maximum absolute atomic E-state index is 13.8. The number of rotatable bonds is 6. The van der Waals surface area contributed by atoms with E-state index in [1.54, 1.807) is 18.2 Å². The standard InChI is InChI=1S/C20H17FN4OS/c1-13-5-4-7-15(9-13)26-11-18-16(10-22)19(23)25-20(24-18)27-12-14-6-2-3-8-17(14)21/h2-9H,11-12H2,1H3,(H2,23,24,25). The quantitative estimate of drug-likeness (QED) is 0.508. The van der Waals surface area contributed by atoms with Crippen LogP contribution >= 0.6 is 11.8 Å². The first-order valence-electron chi connectivity index (χ1n) is 8.19. The van der Waals surface area contributed by atoms with Crippen LogP contribution in [-0.4, -0.2) is 9.97 Å². The van der Waals surface area contributed by atoms with Crippen LogP contribution in [0.15, 0.2) is 53.7 Å². The Bertz CT molecular complexity index is 1000. The van der Waals surface area contributed by atoms with Crippen LogP contribution in [0.1, 0.15) is 22.4 Å². The first-order valence-corrected chi connectivity index (χ1v) is 9.17. The molecule has 0 aliphatic carbocycles. The third kappa shape index (κ3) is 4.74. The number of hydrogen-bond acceptors (Lipinski definition) is 6. The summed E-state index contributed by atoms with van der Waals surface area (Å²) < 4.78 is 19.5. The molecule has 0 aliphatic rings. The number of ether oxygens (including phenoxy) is 1. The Morgan fingerprint density at radius 3 is 2.74 bits per heavy atom. The van der Waals surface area contributed by atoms with E-state index in [0.717, 1.165) is 5.56 Å². The summed E-state index contributed by atoms with van der Waals surface area (Å²) in [5, 5.41) is 9.73. The summed E-state index contributed by atoms with van der Waals surface area (Å²) in [4.78, 5) is 8.54. The van der Waals surface area contributed by atoms with Crippen LogP contribution in [0.2, 0.25) is 0 Å².